The molecule has 0 unspecified atom stereocenters. The Morgan fingerprint density at radius 2 is 1.73 bits per heavy atom. The van der Waals surface area contributed by atoms with Gasteiger partial charge in [0.05, 0.1) is 4.90 Å². The van der Waals surface area contributed by atoms with Gasteiger partial charge in [-0.2, -0.15) is 0 Å². The molecule has 3 rings (SSSR count). The molecule has 1 N–H and O–H groups in total. The molecule has 2 aromatic carbocycles. The van der Waals surface area contributed by atoms with E-state index >= 15 is 0 Å². The summed E-state index contributed by atoms with van der Waals surface area (Å²) >= 11 is 0. The van der Waals surface area contributed by atoms with Gasteiger partial charge in [-0.15, -0.1) is 0 Å². The zero-order valence-corrected chi connectivity index (χ0v) is 16.6. The molecule has 1 heterocycles. The standard InChI is InChI=1S/C21H28N2O2S/c1-16(2)17(3)22-26(24,25)20-12-10-18(11-13-20)15-23-14-6-8-19-7-4-5-9-21(19)23/h4-5,7,9-13,16-17,22H,6,8,14-15H2,1-3H3/t17-/m1/s1. The third kappa shape index (κ3) is 4.27. The van der Waals surface area contributed by atoms with Crippen molar-refractivity contribution in [3.63, 3.8) is 0 Å². The highest BCUT2D eigenvalue weighted by atomic mass is 32.2. The van der Waals surface area contributed by atoms with E-state index in [0.29, 0.717) is 4.90 Å². The minimum Gasteiger partial charge on any atom is -0.367 e. The average Bonchev–Trinajstić information content (AvgIpc) is 2.62. The van der Waals surface area contributed by atoms with Crippen molar-refractivity contribution in [3.05, 3.63) is 59.7 Å². The van der Waals surface area contributed by atoms with Crippen molar-refractivity contribution < 1.29 is 8.42 Å². The molecular formula is C21H28N2O2S. The molecule has 1 atom stereocenters. The minimum absolute atomic E-state index is 0.0930. The van der Waals surface area contributed by atoms with Crippen molar-refractivity contribution in [3.8, 4) is 0 Å². The zero-order valence-electron chi connectivity index (χ0n) is 15.8. The summed E-state index contributed by atoms with van der Waals surface area (Å²) in [6, 6.07) is 15.7. The number of sulfonamides is 1. The van der Waals surface area contributed by atoms with Gasteiger partial charge in [0.1, 0.15) is 0 Å². The lowest BCUT2D eigenvalue weighted by Gasteiger charge is -2.31. The Bertz CT molecular complexity index is 845. The van der Waals surface area contributed by atoms with Crippen LogP contribution in [-0.2, 0) is 23.0 Å². The van der Waals surface area contributed by atoms with E-state index in [1.54, 1.807) is 12.1 Å². The Kier molecular flexibility index (Phi) is 5.68. The predicted octanol–water partition coefficient (Wildman–Crippen LogP) is 3.96. The SMILES string of the molecule is CC(C)[C@@H](C)NS(=O)(=O)c1ccc(CN2CCCc3ccccc32)cc1. The van der Waals surface area contributed by atoms with Crippen LogP contribution in [0.5, 0.6) is 0 Å². The van der Waals surface area contributed by atoms with E-state index in [0.717, 1.165) is 31.5 Å². The summed E-state index contributed by atoms with van der Waals surface area (Å²) in [7, 11) is -3.47. The Morgan fingerprint density at radius 1 is 1.04 bits per heavy atom. The molecule has 0 saturated heterocycles. The van der Waals surface area contributed by atoms with Crippen LogP contribution < -0.4 is 9.62 Å². The summed E-state index contributed by atoms with van der Waals surface area (Å²) in [5.74, 6) is 0.253. The second-order valence-corrected chi connectivity index (χ2v) is 9.17. The molecule has 140 valence electrons. The fraction of sp³-hybridized carbons (Fsp3) is 0.429. The van der Waals surface area contributed by atoms with Crippen LogP contribution in [0.1, 0.15) is 38.3 Å². The summed E-state index contributed by atoms with van der Waals surface area (Å²) in [5, 5.41) is 0. The van der Waals surface area contributed by atoms with Crippen LogP contribution in [-0.4, -0.2) is 21.0 Å². The van der Waals surface area contributed by atoms with Crippen molar-refractivity contribution in [1.29, 1.82) is 0 Å². The summed E-state index contributed by atoms with van der Waals surface area (Å²) in [6.07, 6.45) is 2.28. The van der Waals surface area contributed by atoms with Gasteiger partial charge in [0.2, 0.25) is 10.0 Å². The van der Waals surface area contributed by atoms with Gasteiger partial charge in [0, 0.05) is 24.8 Å². The van der Waals surface area contributed by atoms with Crippen molar-refractivity contribution >= 4 is 15.7 Å². The monoisotopic (exact) mass is 372 g/mol. The molecule has 0 saturated carbocycles. The number of fused-ring (bicyclic) bond motifs is 1. The lowest BCUT2D eigenvalue weighted by molar-refractivity contribution is 0.476. The van der Waals surface area contributed by atoms with Crippen molar-refractivity contribution in [2.24, 2.45) is 5.92 Å². The maximum atomic E-state index is 12.5. The topological polar surface area (TPSA) is 49.4 Å². The fourth-order valence-electron chi connectivity index (χ4n) is 3.22. The third-order valence-corrected chi connectivity index (χ3v) is 6.73. The van der Waals surface area contributed by atoms with Crippen LogP contribution in [0, 0.1) is 5.92 Å². The van der Waals surface area contributed by atoms with Crippen molar-refractivity contribution in [1.82, 2.24) is 4.72 Å². The second-order valence-electron chi connectivity index (χ2n) is 7.45. The lowest BCUT2D eigenvalue weighted by atomic mass is 10.0. The quantitative estimate of drug-likeness (QED) is 0.835. The van der Waals surface area contributed by atoms with Gasteiger partial charge in [-0.3, -0.25) is 0 Å². The van der Waals surface area contributed by atoms with Gasteiger partial charge in [-0.1, -0.05) is 44.2 Å². The van der Waals surface area contributed by atoms with E-state index in [9.17, 15) is 8.42 Å². The molecule has 5 heteroatoms. The first-order valence-electron chi connectivity index (χ1n) is 9.31. The molecule has 0 spiro atoms. The highest BCUT2D eigenvalue weighted by molar-refractivity contribution is 7.89. The molecule has 4 nitrogen and oxygen atoms in total. The van der Waals surface area contributed by atoms with Crippen LogP contribution in [0.15, 0.2) is 53.4 Å². The van der Waals surface area contributed by atoms with Crippen LogP contribution in [0.3, 0.4) is 0 Å². The van der Waals surface area contributed by atoms with E-state index in [1.165, 1.54) is 11.3 Å². The first kappa shape index (κ1) is 18.9. The number of anilines is 1. The highest BCUT2D eigenvalue weighted by Crippen LogP contribution is 2.28. The number of nitrogens with one attached hydrogen (secondary N) is 1. The molecule has 26 heavy (non-hydrogen) atoms. The molecule has 0 fully saturated rings. The molecule has 0 amide bonds. The Balaban J connectivity index is 1.73. The molecular weight excluding hydrogens is 344 g/mol. The van der Waals surface area contributed by atoms with Crippen LogP contribution in [0.2, 0.25) is 0 Å². The fourth-order valence-corrected chi connectivity index (χ4v) is 4.61. The zero-order chi connectivity index (χ0) is 18.7. The maximum absolute atomic E-state index is 12.5. The summed E-state index contributed by atoms with van der Waals surface area (Å²) < 4.78 is 27.7. The average molecular weight is 373 g/mol. The Hall–Kier alpha value is -1.85. The normalized spacial score (nSPS) is 15.8. The lowest BCUT2D eigenvalue weighted by Crippen LogP contribution is -2.36. The number of rotatable bonds is 6. The molecule has 0 aliphatic carbocycles. The highest BCUT2D eigenvalue weighted by Gasteiger charge is 2.20. The number of hydrogen-bond acceptors (Lipinski definition) is 3. The van der Waals surface area contributed by atoms with Crippen LogP contribution in [0.25, 0.3) is 0 Å². The van der Waals surface area contributed by atoms with Gasteiger partial charge < -0.3 is 4.90 Å². The maximum Gasteiger partial charge on any atom is 0.240 e. The van der Waals surface area contributed by atoms with Gasteiger partial charge in [-0.25, -0.2) is 13.1 Å². The van der Waals surface area contributed by atoms with Gasteiger partial charge in [0.15, 0.2) is 0 Å². The van der Waals surface area contributed by atoms with Gasteiger partial charge >= 0.3 is 0 Å². The molecule has 0 radical (unpaired) electrons. The van der Waals surface area contributed by atoms with E-state index in [2.05, 4.69) is 33.9 Å². The van der Waals surface area contributed by atoms with Gasteiger partial charge in [-0.05, 0) is 55.0 Å². The Morgan fingerprint density at radius 3 is 2.42 bits per heavy atom. The summed E-state index contributed by atoms with van der Waals surface area (Å²) in [5.41, 5.74) is 3.81. The molecule has 1 aliphatic rings. The summed E-state index contributed by atoms with van der Waals surface area (Å²) in [6.45, 7) is 7.74. The molecule has 0 bridgehead atoms. The number of aryl methyl sites for hydroxylation is 1. The first-order valence-corrected chi connectivity index (χ1v) is 10.8. The number of para-hydroxylation sites is 1. The third-order valence-electron chi connectivity index (χ3n) is 5.15. The summed E-state index contributed by atoms with van der Waals surface area (Å²) in [4.78, 5) is 2.70. The molecule has 1 aliphatic heterocycles. The molecule has 0 aromatic heterocycles. The number of hydrogen-bond donors (Lipinski definition) is 1. The van der Waals surface area contributed by atoms with Crippen molar-refractivity contribution in [2.45, 2.75) is 51.1 Å². The predicted molar refractivity (Wildman–Crippen MR) is 107 cm³/mol. The van der Waals surface area contributed by atoms with Crippen LogP contribution >= 0.6 is 0 Å². The van der Waals surface area contributed by atoms with Crippen molar-refractivity contribution in [2.75, 3.05) is 11.4 Å². The van der Waals surface area contributed by atoms with E-state index in [-0.39, 0.29) is 12.0 Å². The largest absolute Gasteiger partial charge is 0.367 e. The van der Waals surface area contributed by atoms with E-state index in [4.69, 9.17) is 0 Å². The van der Waals surface area contributed by atoms with E-state index in [1.807, 2.05) is 32.9 Å². The van der Waals surface area contributed by atoms with Crippen LogP contribution in [0.4, 0.5) is 5.69 Å². The Labute approximate surface area is 157 Å². The van der Waals surface area contributed by atoms with Gasteiger partial charge in [0.25, 0.3) is 0 Å². The number of benzene rings is 2. The minimum atomic E-state index is -3.47. The second kappa shape index (κ2) is 7.80. The smallest absolute Gasteiger partial charge is 0.240 e. The first-order chi connectivity index (χ1) is 12.4. The molecule has 2 aromatic rings. The van der Waals surface area contributed by atoms with E-state index < -0.39 is 10.0 Å². The number of nitrogens with zero attached hydrogens (tertiary/aromatic N) is 1.